The van der Waals surface area contributed by atoms with Crippen LogP contribution in [-0.4, -0.2) is 50.7 Å². The summed E-state index contributed by atoms with van der Waals surface area (Å²) in [5.74, 6) is 0.213. The lowest BCUT2D eigenvalue weighted by Crippen LogP contribution is -2.34. The standard InChI is InChI=1S/C15H20N6O3S/c1-4-5-12-18-19-15(25-12)21-7-10(6-13(21)22)14(23)20(3)8-11-17-16-9(2)24-11/h10H,4-8H2,1-3H3. The van der Waals surface area contributed by atoms with Gasteiger partial charge in [-0.05, 0) is 6.42 Å². The first-order valence-electron chi connectivity index (χ1n) is 8.14. The Morgan fingerprint density at radius 3 is 2.84 bits per heavy atom. The molecule has 0 bridgehead atoms. The maximum absolute atomic E-state index is 12.6. The van der Waals surface area contributed by atoms with Gasteiger partial charge < -0.3 is 9.32 Å². The second-order valence-electron chi connectivity index (χ2n) is 6.04. The van der Waals surface area contributed by atoms with Crippen LogP contribution < -0.4 is 4.90 Å². The molecule has 0 aliphatic carbocycles. The third-order valence-electron chi connectivity index (χ3n) is 3.94. The molecule has 2 amide bonds. The lowest BCUT2D eigenvalue weighted by molar-refractivity contribution is -0.135. The third-order valence-corrected chi connectivity index (χ3v) is 4.95. The van der Waals surface area contributed by atoms with Crippen molar-refractivity contribution in [1.82, 2.24) is 25.3 Å². The molecule has 1 saturated heterocycles. The summed E-state index contributed by atoms with van der Waals surface area (Å²) < 4.78 is 5.29. The molecule has 134 valence electrons. The Morgan fingerprint density at radius 1 is 1.36 bits per heavy atom. The quantitative estimate of drug-likeness (QED) is 0.758. The molecule has 3 heterocycles. The maximum atomic E-state index is 12.6. The zero-order valence-corrected chi connectivity index (χ0v) is 15.2. The second-order valence-corrected chi connectivity index (χ2v) is 7.08. The van der Waals surface area contributed by atoms with Crippen LogP contribution in [0.15, 0.2) is 4.42 Å². The van der Waals surface area contributed by atoms with E-state index in [0.29, 0.717) is 23.5 Å². The zero-order chi connectivity index (χ0) is 18.0. The smallest absolute Gasteiger partial charge is 0.235 e. The Kier molecular flexibility index (Phi) is 5.07. The molecule has 2 aromatic heterocycles. The highest BCUT2D eigenvalue weighted by molar-refractivity contribution is 7.15. The van der Waals surface area contributed by atoms with Crippen molar-refractivity contribution in [2.75, 3.05) is 18.5 Å². The number of anilines is 1. The van der Waals surface area contributed by atoms with E-state index >= 15 is 0 Å². The van der Waals surface area contributed by atoms with Crippen LogP contribution in [0.2, 0.25) is 0 Å². The number of carbonyl (C=O) groups is 2. The number of aromatic nitrogens is 4. The molecule has 0 aromatic carbocycles. The van der Waals surface area contributed by atoms with E-state index in [-0.39, 0.29) is 24.8 Å². The Bertz CT molecular complexity index is 773. The summed E-state index contributed by atoms with van der Waals surface area (Å²) in [6, 6.07) is 0. The first-order valence-corrected chi connectivity index (χ1v) is 8.96. The fraction of sp³-hybridized carbons (Fsp3) is 0.600. The van der Waals surface area contributed by atoms with Gasteiger partial charge in [-0.15, -0.1) is 20.4 Å². The van der Waals surface area contributed by atoms with Gasteiger partial charge in [0.1, 0.15) is 5.01 Å². The Morgan fingerprint density at radius 2 is 2.16 bits per heavy atom. The molecule has 10 heteroatoms. The van der Waals surface area contributed by atoms with Crippen LogP contribution >= 0.6 is 11.3 Å². The zero-order valence-electron chi connectivity index (χ0n) is 14.4. The van der Waals surface area contributed by atoms with Gasteiger partial charge in [0.15, 0.2) is 0 Å². The number of nitrogens with zero attached hydrogens (tertiary/aromatic N) is 6. The minimum atomic E-state index is -0.403. The molecule has 1 aliphatic rings. The summed E-state index contributed by atoms with van der Waals surface area (Å²) in [6.45, 7) is 4.31. The van der Waals surface area contributed by atoms with Crippen LogP contribution in [0.4, 0.5) is 5.13 Å². The van der Waals surface area contributed by atoms with Crippen LogP contribution in [0.5, 0.6) is 0 Å². The van der Waals surface area contributed by atoms with Crippen LogP contribution in [0.25, 0.3) is 0 Å². The highest BCUT2D eigenvalue weighted by Gasteiger charge is 2.38. The van der Waals surface area contributed by atoms with E-state index in [1.54, 1.807) is 18.9 Å². The average Bonchev–Trinajstić information content (AvgIpc) is 3.28. The van der Waals surface area contributed by atoms with Crippen LogP contribution in [0.1, 0.15) is 36.6 Å². The molecule has 1 aliphatic heterocycles. The topological polar surface area (TPSA) is 105 Å². The van der Waals surface area contributed by atoms with Gasteiger partial charge in [-0.3, -0.25) is 14.5 Å². The van der Waals surface area contributed by atoms with Gasteiger partial charge in [0.25, 0.3) is 0 Å². The minimum Gasteiger partial charge on any atom is -0.424 e. The van der Waals surface area contributed by atoms with Crippen LogP contribution in [0, 0.1) is 12.8 Å². The van der Waals surface area contributed by atoms with Gasteiger partial charge in [-0.2, -0.15) is 0 Å². The number of amides is 2. The van der Waals surface area contributed by atoms with Gasteiger partial charge in [0, 0.05) is 33.4 Å². The summed E-state index contributed by atoms with van der Waals surface area (Å²) >= 11 is 1.41. The summed E-state index contributed by atoms with van der Waals surface area (Å²) in [5, 5.41) is 17.3. The van der Waals surface area contributed by atoms with Crippen molar-refractivity contribution >= 4 is 28.3 Å². The lowest BCUT2D eigenvalue weighted by Gasteiger charge is -2.19. The van der Waals surface area contributed by atoms with E-state index in [1.165, 1.54) is 16.2 Å². The summed E-state index contributed by atoms with van der Waals surface area (Å²) in [5.41, 5.74) is 0. The maximum Gasteiger partial charge on any atom is 0.235 e. The Labute approximate surface area is 149 Å². The molecule has 1 atom stereocenters. The molecule has 9 nitrogen and oxygen atoms in total. The van der Waals surface area contributed by atoms with E-state index < -0.39 is 5.92 Å². The summed E-state index contributed by atoms with van der Waals surface area (Å²) in [7, 11) is 1.67. The molecule has 0 spiro atoms. The van der Waals surface area contributed by atoms with Crippen molar-refractivity contribution in [2.45, 2.75) is 39.7 Å². The largest absolute Gasteiger partial charge is 0.424 e. The van der Waals surface area contributed by atoms with E-state index in [1.807, 2.05) is 0 Å². The molecular formula is C15H20N6O3S. The van der Waals surface area contributed by atoms with E-state index in [0.717, 1.165) is 17.8 Å². The molecule has 3 rings (SSSR count). The summed E-state index contributed by atoms with van der Waals surface area (Å²) in [6.07, 6.45) is 1.99. The van der Waals surface area contributed by atoms with Crippen molar-refractivity contribution < 1.29 is 14.0 Å². The predicted octanol–water partition coefficient (Wildman–Crippen LogP) is 1.19. The minimum absolute atomic E-state index is 0.0976. The number of aryl methyl sites for hydroxylation is 2. The normalized spacial score (nSPS) is 17.3. The van der Waals surface area contributed by atoms with E-state index in [9.17, 15) is 9.59 Å². The molecule has 0 N–H and O–H groups in total. The lowest BCUT2D eigenvalue weighted by atomic mass is 10.1. The average molecular weight is 364 g/mol. The molecule has 1 unspecified atom stereocenters. The van der Waals surface area contributed by atoms with E-state index in [2.05, 4.69) is 27.3 Å². The Balaban J connectivity index is 1.63. The van der Waals surface area contributed by atoms with Gasteiger partial charge in [0.05, 0.1) is 12.5 Å². The van der Waals surface area contributed by atoms with E-state index in [4.69, 9.17) is 4.42 Å². The number of hydrogen-bond acceptors (Lipinski definition) is 8. The molecule has 25 heavy (non-hydrogen) atoms. The molecule has 0 saturated carbocycles. The predicted molar refractivity (Wildman–Crippen MR) is 89.9 cm³/mol. The molecule has 1 fully saturated rings. The third kappa shape index (κ3) is 3.84. The number of hydrogen-bond donors (Lipinski definition) is 0. The second kappa shape index (κ2) is 7.26. The first kappa shape index (κ1) is 17.5. The SMILES string of the molecule is CCCc1nnc(N2CC(C(=O)N(C)Cc3nnc(C)o3)CC2=O)s1. The van der Waals surface area contributed by atoms with Crippen molar-refractivity contribution in [3.8, 4) is 0 Å². The highest BCUT2D eigenvalue weighted by atomic mass is 32.1. The number of rotatable bonds is 6. The first-order chi connectivity index (χ1) is 12.0. The van der Waals surface area contributed by atoms with Crippen molar-refractivity contribution in [3.63, 3.8) is 0 Å². The van der Waals surface area contributed by atoms with Crippen LogP contribution in [0.3, 0.4) is 0 Å². The van der Waals surface area contributed by atoms with Crippen LogP contribution in [-0.2, 0) is 22.6 Å². The monoisotopic (exact) mass is 364 g/mol. The Hall–Kier alpha value is -2.36. The molecule has 2 aromatic rings. The van der Waals surface area contributed by atoms with Gasteiger partial charge in [-0.1, -0.05) is 18.3 Å². The van der Waals surface area contributed by atoms with Crippen molar-refractivity contribution in [3.05, 3.63) is 16.8 Å². The van der Waals surface area contributed by atoms with Crippen molar-refractivity contribution in [2.24, 2.45) is 5.92 Å². The van der Waals surface area contributed by atoms with Gasteiger partial charge in [0.2, 0.25) is 28.7 Å². The van der Waals surface area contributed by atoms with Crippen molar-refractivity contribution in [1.29, 1.82) is 0 Å². The fourth-order valence-corrected chi connectivity index (χ4v) is 3.69. The fourth-order valence-electron chi connectivity index (χ4n) is 2.72. The van der Waals surface area contributed by atoms with Gasteiger partial charge >= 0.3 is 0 Å². The summed E-state index contributed by atoms with van der Waals surface area (Å²) in [4.78, 5) is 28.0. The molecular weight excluding hydrogens is 344 g/mol. The highest BCUT2D eigenvalue weighted by Crippen LogP contribution is 2.29. The number of carbonyl (C=O) groups excluding carboxylic acids is 2. The molecule has 0 radical (unpaired) electrons. The van der Waals surface area contributed by atoms with Gasteiger partial charge in [-0.25, -0.2) is 0 Å².